The molecule has 0 saturated heterocycles. The molecule has 0 aliphatic carbocycles. The van der Waals surface area contributed by atoms with Crippen LogP contribution in [0, 0.1) is 0 Å². The maximum Gasteiger partial charge on any atom is 0.325 e. The van der Waals surface area contributed by atoms with E-state index >= 15 is 0 Å². The molecule has 0 bridgehead atoms. The van der Waals surface area contributed by atoms with Crippen LogP contribution in [0.3, 0.4) is 0 Å². The number of rotatable bonds is 9. The van der Waals surface area contributed by atoms with Crippen molar-refractivity contribution < 1.29 is 28.6 Å². The van der Waals surface area contributed by atoms with Crippen LogP contribution < -0.4 is 20.1 Å². The third kappa shape index (κ3) is 6.84. The first-order chi connectivity index (χ1) is 13.9. The Kier molecular flexibility index (Phi) is 8.02. The number of anilines is 1. The Hall–Kier alpha value is -3.55. The average Bonchev–Trinajstić information content (AvgIpc) is 2.73. The van der Waals surface area contributed by atoms with Gasteiger partial charge in [0.2, 0.25) is 11.8 Å². The van der Waals surface area contributed by atoms with Crippen molar-refractivity contribution in [3.8, 4) is 11.5 Å². The minimum absolute atomic E-state index is 0.122. The fourth-order valence-electron chi connectivity index (χ4n) is 2.58. The number of carbonyl (C=O) groups is 3. The maximum absolute atomic E-state index is 12.3. The first kappa shape index (κ1) is 21.7. The highest BCUT2D eigenvalue weighted by atomic mass is 16.5. The van der Waals surface area contributed by atoms with Crippen LogP contribution in [0.25, 0.3) is 0 Å². The van der Waals surface area contributed by atoms with Gasteiger partial charge >= 0.3 is 5.97 Å². The first-order valence-electron chi connectivity index (χ1n) is 8.88. The van der Waals surface area contributed by atoms with Gasteiger partial charge in [-0.05, 0) is 35.4 Å². The van der Waals surface area contributed by atoms with E-state index in [-0.39, 0.29) is 31.2 Å². The van der Waals surface area contributed by atoms with Crippen LogP contribution in [0.2, 0.25) is 0 Å². The van der Waals surface area contributed by atoms with Gasteiger partial charge in [0, 0.05) is 5.69 Å². The fraction of sp³-hybridized carbons (Fsp3) is 0.286. The summed E-state index contributed by atoms with van der Waals surface area (Å²) in [5.41, 5.74) is 2.17. The summed E-state index contributed by atoms with van der Waals surface area (Å²) in [7, 11) is 4.35. The van der Waals surface area contributed by atoms with E-state index in [1.807, 2.05) is 0 Å². The number of nitrogens with one attached hydrogen (secondary N) is 2. The van der Waals surface area contributed by atoms with Crippen molar-refractivity contribution in [2.45, 2.75) is 12.8 Å². The molecule has 2 aromatic carbocycles. The van der Waals surface area contributed by atoms with Crippen molar-refractivity contribution in [1.82, 2.24) is 5.32 Å². The van der Waals surface area contributed by atoms with Crippen LogP contribution in [0.5, 0.6) is 11.5 Å². The Balaban J connectivity index is 1.88. The topological polar surface area (TPSA) is 103 Å². The number of esters is 1. The van der Waals surface area contributed by atoms with E-state index in [4.69, 9.17) is 9.47 Å². The average molecular weight is 400 g/mol. The number of ether oxygens (including phenoxy) is 3. The lowest BCUT2D eigenvalue weighted by Crippen LogP contribution is -2.31. The van der Waals surface area contributed by atoms with Crippen molar-refractivity contribution >= 4 is 23.5 Å². The van der Waals surface area contributed by atoms with Gasteiger partial charge in [0.15, 0.2) is 11.5 Å². The van der Waals surface area contributed by atoms with Crippen LogP contribution in [0.4, 0.5) is 5.69 Å². The Morgan fingerprint density at radius 2 is 1.41 bits per heavy atom. The summed E-state index contributed by atoms with van der Waals surface area (Å²) in [6, 6.07) is 12.2. The number of hydrogen-bond donors (Lipinski definition) is 2. The van der Waals surface area contributed by atoms with Gasteiger partial charge in [0.05, 0.1) is 34.2 Å². The van der Waals surface area contributed by atoms with Crippen LogP contribution >= 0.6 is 0 Å². The van der Waals surface area contributed by atoms with E-state index in [1.165, 1.54) is 7.11 Å². The highest BCUT2D eigenvalue weighted by molar-refractivity contribution is 5.92. The second-order valence-electron chi connectivity index (χ2n) is 6.14. The number of methoxy groups -OCH3 is 3. The van der Waals surface area contributed by atoms with Crippen molar-refractivity contribution in [1.29, 1.82) is 0 Å². The molecule has 2 aromatic rings. The predicted molar refractivity (Wildman–Crippen MR) is 107 cm³/mol. The quantitative estimate of drug-likeness (QED) is 0.622. The molecular formula is C21H24N2O6. The highest BCUT2D eigenvalue weighted by Crippen LogP contribution is 2.27. The second-order valence-corrected chi connectivity index (χ2v) is 6.14. The van der Waals surface area contributed by atoms with E-state index in [0.717, 1.165) is 11.1 Å². The summed E-state index contributed by atoms with van der Waals surface area (Å²) in [5.74, 6) is 0.183. The second kappa shape index (κ2) is 10.7. The number of benzene rings is 2. The molecule has 2 N–H and O–H groups in total. The van der Waals surface area contributed by atoms with E-state index in [0.29, 0.717) is 17.2 Å². The molecule has 0 unspecified atom stereocenters. The van der Waals surface area contributed by atoms with Gasteiger partial charge in [0.1, 0.15) is 6.54 Å². The Bertz CT molecular complexity index is 864. The molecule has 0 atom stereocenters. The van der Waals surface area contributed by atoms with Crippen LogP contribution in [0.15, 0.2) is 42.5 Å². The van der Waals surface area contributed by atoms with Gasteiger partial charge in [0.25, 0.3) is 0 Å². The summed E-state index contributed by atoms with van der Waals surface area (Å²) in [4.78, 5) is 35.1. The lowest BCUT2D eigenvalue weighted by molar-refractivity contribution is -0.141. The molecule has 2 amide bonds. The maximum atomic E-state index is 12.3. The minimum atomic E-state index is -0.508. The van der Waals surface area contributed by atoms with E-state index in [2.05, 4.69) is 15.4 Å². The molecule has 0 heterocycles. The van der Waals surface area contributed by atoms with E-state index in [1.54, 1.807) is 56.7 Å². The van der Waals surface area contributed by atoms with Crippen molar-refractivity contribution in [2.24, 2.45) is 0 Å². The van der Waals surface area contributed by atoms with Crippen molar-refractivity contribution in [3.63, 3.8) is 0 Å². The molecule has 0 aliphatic rings. The van der Waals surface area contributed by atoms with Crippen LogP contribution in [-0.4, -0.2) is 45.7 Å². The monoisotopic (exact) mass is 400 g/mol. The molecular weight excluding hydrogens is 376 g/mol. The van der Waals surface area contributed by atoms with Crippen molar-refractivity contribution in [2.75, 3.05) is 33.2 Å². The Morgan fingerprint density at radius 1 is 0.793 bits per heavy atom. The molecule has 0 spiro atoms. The van der Waals surface area contributed by atoms with Gasteiger partial charge in [-0.1, -0.05) is 18.2 Å². The zero-order chi connectivity index (χ0) is 21.2. The highest BCUT2D eigenvalue weighted by Gasteiger charge is 2.10. The number of carbonyl (C=O) groups excluding carboxylic acids is 3. The third-order valence-electron chi connectivity index (χ3n) is 4.07. The third-order valence-corrected chi connectivity index (χ3v) is 4.07. The lowest BCUT2D eigenvalue weighted by atomic mass is 10.1. The largest absolute Gasteiger partial charge is 0.493 e. The number of amides is 2. The predicted octanol–water partition coefficient (Wildman–Crippen LogP) is 1.72. The Morgan fingerprint density at radius 3 is 2.03 bits per heavy atom. The van der Waals surface area contributed by atoms with Gasteiger partial charge < -0.3 is 24.8 Å². The molecule has 0 fully saturated rings. The van der Waals surface area contributed by atoms with Gasteiger partial charge in [-0.3, -0.25) is 14.4 Å². The van der Waals surface area contributed by atoms with Crippen LogP contribution in [-0.2, 0) is 32.0 Å². The molecule has 0 saturated carbocycles. The standard InChI is InChI=1S/C21H24N2O6/c1-27-17-9-6-15(10-18(17)28-2)12-20(25)23-16-7-4-14(5-8-16)11-19(24)22-13-21(26)29-3/h4-10H,11-13H2,1-3H3,(H,22,24)(H,23,25). The van der Waals surface area contributed by atoms with Gasteiger partial charge in [-0.15, -0.1) is 0 Å². The molecule has 0 aliphatic heterocycles. The zero-order valence-electron chi connectivity index (χ0n) is 16.6. The molecule has 0 aromatic heterocycles. The molecule has 2 rings (SSSR count). The summed E-state index contributed by atoms with van der Waals surface area (Å²) in [5, 5.41) is 5.28. The summed E-state index contributed by atoms with van der Waals surface area (Å²) in [6.07, 6.45) is 0.300. The summed E-state index contributed by atoms with van der Waals surface area (Å²) in [6.45, 7) is -0.167. The Labute approximate surface area is 169 Å². The normalized spacial score (nSPS) is 10.0. The van der Waals surface area contributed by atoms with Gasteiger partial charge in [-0.2, -0.15) is 0 Å². The molecule has 8 nitrogen and oxygen atoms in total. The molecule has 29 heavy (non-hydrogen) atoms. The van der Waals surface area contributed by atoms with E-state index < -0.39 is 5.97 Å². The van der Waals surface area contributed by atoms with Crippen LogP contribution in [0.1, 0.15) is 11.1 Å². The zero-order valence-corrected chi connectivity index (χ0v) is 16.6. The smallest absolute Gasteiger partial charge is 0.325 e. The summed E-state index contributed by atoms with van der Waals surface area (Å²) < 4.78 is 14.9. The fourth-order valence-corrected chi connectivity index (χ4v) is 2.58. The minimum Gasteiger partial charge on any atom is -0.493 e. The summed E-state index contributed by atoms with van der Waals surface area (Å²) >= 11 is 0. The molecule has 0 radical (unpaired) electrons. The van der Waals surface area contributed by atoms with Gasteiger partial charge in [-0.25, -0.2) is 0 Å². The molecule has 8 heteroatoms. The van der Waals surface area contributed by atoms with Crippen molar-refractivity contribution in [3.05, 3.63) is 53.6 Å². The lowest BCUT2D eigenvalue weighted by Gasteiger charge is -2.10. The first-order valence-corrected chi connectivity index (χ1v) is 8.88. The SMILES string of the molecule is COC(=O)CNC(=O)Cc1ccc(NC(=O)Cc2ccc(OC)c(OC)c2)cc1. The number of hydrogen-bond acceptors (Lipinski definition) is 6. The molecule has 154 valence electrons. The van der Waals surface area contributed by atoms with E-state index in [9.17, 15) is 14.4 Å².